The number of hydroxylamine groups is 1. The molecule has 1 aliphatic carbocycles. The molecule has 2 aromatic carbocycles. The highest BCUT2D eigenvalue weighted by Crippen LogP contribution is 2.27. The average Bonchev–Trinajstić information content (AvgIpc) is 3.56. The fraction of sp³-hybridized carbons (Fsp3) is 0.448. The summed E-state index contributed by atoms with van der Waals surface area (Å²) in [6.07, 6.45) is 5.13. The Morgan fingerprint density at radius 3 is 2.30 bits per heavy atom. The maximum absolute atomic E-state index is 12.7. The molecule has 1 heterocycles. The predicted molar refractivity (Wildman–Crippen MR) is 146 cm³/mol. The summed E-state index contributed by atoms with van der Waals surface area (Å²) < 4.78 is 6.78. The van der Waals surface area contributed by atoms with Crippen LogP contribution in [0.1, 0.15) is 72.3 Å². The van der Waals surface area contributed by atoms with Gasteiger partial charge in [-0.1, -0.05) is 50.2 Å². The molecule has 0 bridgehead atoms. The van der Waals surface area contributed by atoms with Crippen LogP contribution in [0.25, 0.3) is 10.1 Å². The zero-order valence-electron chi connectivity index (χ0n) is 21.6. The van der Waals surface area contributed by atoms with Gasteiger partial charge in [-0.2, -0.15) is 0 Å². The number of carbonyl (C=O) groups excluding carboxylic acids is 2. The van der Waals surface area contributed by atoms with Crippen LogP contribution in [0.15, 0.2) is 48.5 Å². The number of nitrogens with one attached hydrogen (secondary N) is 3. The van der Waals surface area contributed by atoms with Crippen molar-refractivity contribution < 1.29 is 19.5 Å². The normalized spacial score (nSPS) is 14.8. The Labute approximate surface area is 222 Å². The summed E-state index contributed by atoms with van der Waals surface area (Å²) in [5.74, 6) is -0.196. The van der Waals surface area contributed by atoms with E-state index >= 15 is 0 Å². The molecule has 198 valence electrons. The largest absolute Gasteiger partial charge is 0.461 e. The van der Waals surface area contributed by atoms with Gasteiger partial charge in [-0.15, -0.1) is 11.3 Å². The van der Waals surface area contributed by atoms with Gasteiger partial charge in [0.25, 0.3) is 5.91 Å². The number of benzene rings is 2. The molecule has 0 radical (unpaired) electrons. The Morgan fingerprint density at radius 1 is 0.973 bits per heavy atom. The molecule has 37 heavy (non-hydrogen) atoms. The van der Waals surface area contributed by atoms with E-state index in [1.54, 1.807) is 11.5 Å². The number of amides is 1. The number of fused-ring (bicyclic) bond motifs is 1. The first-order valence-corrected chi connectivity index (χ1v) is 13.9. The Hall–Kier alpha value is -2.78. The fourth-order valence-corrected chi connectivity index (χ4v) is 5.72. The molecule has 0 saturated heterocycles. The van der Waals surface area contributed by atoms with Crippen LogP contribution in [-0.4, -0.2) is 29.2 Å². The van der Waals surface area contributed by atoms with Crippen molar-refractivity contribution in [3.63, 3.8) is 0 Å². The van der Waals surface area contributed by atoms with E-state index in [4.69, 9.17) is 9.94 Å². The number of thiophene rings is 1. The maximum atomic E-state index is 12.7. The quantitative estimate of drug-likeness (QED) is 0.146. The van der Waals surface area contributed by atoms with E-state index in [0.717, 1.165) is 59.9 Å². The molecular weight excluding hydrogens is 486 g/mol. The van der Waals surface area contributed by atoms with Gasteiger partial charge < -0.3 is 15.4 Å². The first kappa shape index (κ1) is 27.3. The molecular formula is C29H37N3O4S. The summed E-state index contributed by atoms with van der Waals surface area (Å²) in [4.78, 5) is 24.9. The minimum atomic E-state index is -0.487. The Morgan fingerprint density at radius 2 is 1.62 bits per heavy atom. The summed E-state index contributed by atoms with van der Waals surface area (Å²) in [6.45, 7) is 6.33. The number of hydrogen-bond donors (Lipinski definition) is 4. The first-order chi connectivity index (χ1) is 17.9. The molecule has 4 rings (SSSR count). The van der Waals surface area contributed by atoms with E-state index in [-0.39, 0.29) is 18.1 Å². The molecule has 1 atom stereocenters. The molecule has 0 aliphatic heterocycles. The molecule has 8 heteroatoms. The van der Waals surface area contributed by atoms with E-state index in [9.17, 15) is 9.59 Å². The molecule has 4 N–H and O–H groups in total. The van der Waals surface area contributed by atoms with Gasteiger partial charge in [-0.25, -0.2) is 5.48 Å². The van der Waals surface area contributed by atoms with Crippen LogP contribution in [0.3, 0.4) is 0 Å². The van der Waals surface area contributed by atoms with Crippen LogP contribution < -0.4 is 16.1 Å². The Balaban J connectivity index is 1.25. The number of hydrogen-bond acceptors (Lipinski definition) is 7. The predicted octanol–water partition coefficient (Wildman–Crippen LogP) is 5.30. The van der Waals surface area contributed by atoms with Crippen LogP contribution in [0.2, 0.25) is 0 Å². The Kier molecular flexibility index (Phi) is 9.68. The lowest BCUT2D eigenvalue weighted by Gasteiger charge is -2.22. The van der Waals surface area contributed by atoms with E-state index < -0.39 is 5.91 Å². The zero-order chi connectivity index (χ0) is 26.2. The molecule has 0 unspecified atom stereocenters. The SMILES string of the molecule is CC(C)C[C@H](NCc1ccc(CNCc2ccc3cc(C(=O)NO)sc3c2)cc1)C(=O)OC1CCCC1. The highest BCUT2D eigenvalue weighted by atomic mass is 32.1. The lowest BCUT2D eigenvalue weighted by atomic mass is 10.0. The van der Waals surface area contributed by atoms with Crippen LogP contribution in [0.4, 0.5) is 0 Å². The van der Waals surface area contributed by atoms with Crippen LogP contribution in [0, 0.1) is 5.92 Å². The van der Waals surface area contributed by atoms with Crippen LogP contribution >= 0.6 is 11.3 Å². The summed E-state index contributed by atoms with van der Waals surface area (Å²) in [7, 11) is 0. The smallest absolute Gasteiger partial charge is 0.323 e. The summed E-state index contributed by atoms with van der Waals surface area (Å²) in [6, 6.07) is 16.0. The minimum Gasteiger partial charge on any atom is -0.461 e. The Bertz CT molecular complexity index is 1190. The number of ether oxygens (including phenoxy) is 1. The highest BCUT2D eigenvalue weighted by Gasteiger charge is 2.26. The lowest BCUT2D eigenvalue weighted by Crippen LogP contribution is -2.40. The third kappa shape index (κ3) is 7.85. The van der Waals surface area contributed by atoms with Gasteiger partial charge in [-0.3, -0.25) is 14.8 Å². The molecule has 1 saturated carbocycles. The molecule has 7 nitrogen and oxygen atoms in total. The monoisotopic (exact) mass is 523 g/mol. The number of carbonyl (C=O) groups is 2. The highest BCUT2D eigenvalue weighted by molar-refractivity contribution is 7.20. The van der Waals surface area contributed by atoms with E-state index in [1.165, 1.54) is 16.9 Å². The van der Waals surface area contributed by atoms with Crippen molar-refractivity contribution in [2.75, 3.05) is 0 Å². The fourth-order valence-electron chi connectivity index (χ4n) is 4.71. The van der Waals surface area contributed by atoms with Crippen LogP contribution in [-0.2, 0) is 29.2 Å². The minimum absolute atomic E-state index is 0.0909. The first-order valence-electron chi connectivity index (χ1n) is 13.1. The van der Waals surface area contributed by atoms with Gasteiger partial charge in [0, 0.05) is 24.3 Å². The third-order valence-electron chi connectivity index (χ3n) is 6.72. The second-order valence-electron chi connectivity index (χ2n) is 10.3. The summed E-state index contributed by atoms with van der Waals surface area (Å²) >= 11 is 1.36. The molecule has 1 amide bonds. The van der Waals surface area contributed by atoms with Crippen molar-refractivity contribution >= 4 is 33.3 Å². The zero-order valence-corrected chi connectivity index (χ0v) is 22.4. The molecule has 1 aliphatic rings. The second kappa shape index (κ2) is 13.1. The summed E-state index contributed by atoms with van der Waals surface area (Å²) in [5, 5.41) is 16.7. The van der Waals surface area contributed by atoms with Gasteiger partial charge in [0.15, 0.2) is 0 Å². The molecule has 1 aromatic heterocycles. The van der Waals surface area contributed by atoms with Gasteiger partial charge >= 0.3 is 5.97 Å². The van der Waals surface area contributed by atoms with Gasteiger partial charge in [0.05, 0.1) is 4.88 Å². The van der Waals surface area contributed by atoms with Crippen molar-refractivity contribution in [3.05, 3.63) is 70.1 Å². The van der Waals surface area contributed by atoms with Crippen LogP contribution in [0.5, 0.6) is 0 Å². The molecule has 1 fully saturated rings. The standard InChI is InChI=1S/C29H37N3O4S/c1-19(2)13-25(29(34)36-24-5-3-4-6-24)31-18-21-9-7-20(8-10-21)16-30-17-22-11-12-23-15-27(28(33)32-35)37-26(23)14-22/h7-12,14-15,19,24-25,30-31,35H,3-6,13,16-18H2,1-2H3,(H,32,33)/t25-/m0/s1. The number of rotatable bonds is 12. The lowest BCUT2D eigenvalue weighted by molar-refractivity contribution is -0.151. The maximum Gasteiger partial charge on any atom is 0.323 e. The number of esters is 1. The van der Waals surface area contributed by atoms with Crippen molar-refractivity contribution in [1.82, 2.24) is 16.1 Å². The van der Waals surface area contributed by atoms with Gasteiger partial charge in [-0.05, 0) is 72.2 Å². The molecule has 3 aromatic rings. The van der Waals surface area contributed by atoms with E-state index in [0.29, 0.717) is 23.9 Å². The van der Waals surface area contributed by atoms with Gasteiger partial charge in [0.2, 0.25) is 0 Å². The van der Waals surface area contributed by atoms with E-state index in [1.807, 2.05) is 12.1 Å². The van der Waals surface area contributed by atoms with Crippen molar-refractivity contribution in [2.24, 2.45) is 5.92 Å². The summed E-state index contributed by atoms with van der Waals surface area (Å²) in [5.41, 5.74) is 5.14. The van der Waals surface area contributed by atoms with Crippen molar-refractivity contribution in [3.8, 4) is 0 Å². The topological polar surface area (TPSA) is 99.7 Å². The van der Waals surface area contributed by atoms with Gasteiger partial charge in [0.1, 0.15) is 12.1 Å². The molecule has 0 spiro atoms. The van der Waals surface area contributed by atoms with Crippen molar-refractivity contribution in [1.29, 1.82) is 0 Å². The third-order valence-corrected chi connectivity index (χ3v) is 7.82. The second-order valence-corrected chi connectivity index (χ2v) is 11.3. The average molecular weight is 524 g/mol. The van der Waals surface area contributed by atoms with E-state index in [2.05, 4.69) is 54.8 Å². The van der Waals surface area contributed by atoms with Crippen molar-refractivity contribution in [2.45, 2.75) is 77.7 Å².